The third kappa shape index (κ3) is 3.32. The zero-order valence-corrected chi connectivity index (χ0v) is 13.8. The van der Waals surface area contributed by atoms with Crippen LogP contribution in [0.15, 0.2) is 41.3 Å². The van der Waals surface area contributed by atoms with Gasteiger partial charge in [-0.1, -0.05) is 12.1 Å². The van der Waals surface area contributed by atoms with Crippen molar-refractivity contribution < 1.29 is 19.4 Å². The third-order valence-electron chi connectivity index (χ3n) is 4.28. The number of carbonyl (C=O) groups is 2. The SMILES string of the molecule is Cc1c(-c2ccc(C(=O)N3CCOCC3)cc2)ccn(C(=O)O)c1=O. The first-order valence-corrected chi connectivity index (χ1v) is 7.92. The predicted molar refractivity (Wildman–Crippen MR) is 91.0 cm³/mol. The molecule has 1 fully saturated rings. The van der Waals surface area contributed by atoms with Gasteiger partial charge in [0.15, 0.2) is 0 Å². The number of amides is 1. The zero-order chi connectivity index (χ0) is 18.0. The number of carboxylic acid groups (broad SMARTS) is 1. The fraction of sp³-hybridized carbons (Fsp3) is 0.278. The Morgan fingerprint density at radius 1 is 1.08 bits per heavy atom. The molecule has 0 bridgehead atoms. The Kier molecular flexibility index (Phi) is 4.67. The van der Waals surface area contributed by atoms with Gasteiger partial charge in [0.1, 0.15) is 0 Å². The fourth-order valence-corrected chi connectivity index (χ4v) is 2.84. The molecule has 1 aromatic heterocycles. The molecular formula is C18H18N2O5. The van der Waals surface area contributed by atoms with Crippen molar-refractivity contribution >= 4 is 12.0 Å². The van der Waals surface area contributed by atoms with Crippen molar-refractivity contribution in [2.24, 2.45) is 0 Å². The number of ether oxygens (including phenoxy) is 1. The summed E-state index contributed by atoms with van der Waals surface area (Å²) < 4.78 is 5.89. The van der Waals surface area contributed by atoms with E-state index in [2.05, 4.69) is 0 Å². The molecule has 2 aromatic rings. The maximum atomic E-state index is 12.4. The van der Waals surface area contributed by atoms with E-state index in [1.54, 1.807) is 42.2 Å². The second-order valence-electron chi connectivity index (χ2n) is 5.79. The van der Waals surface area contributed by atoms with Crippen molar-refractivity contribution in [1.29, 1.82) is 0 Å². The first kappa shape index (κ1) is 16.9. The third-order valence-corrected chi connectivity index (χ3v) is 4.28. The van der Waals surface area contributed by atoms with Crippen LogP contribution in [0.3, 0.4) is 0 Å². The summed E-state index contributed by atoms with van der Waals surface area (Å²) in [5.74, 6) is -0.0483. The molecule has 7 heteroatoms. The number of benzene rings is 1. The summed E-state index contributed by atoms with van der Waals surface area (Å²) in [7, 11) is 0. The number of pyridine rings is 1. The minimum atomic E-state index is -1.31. The Hall–Kier alpha value is -2.93. The van der Waals surface area contributed by atoms with E-state index in [4.69, 9.17) is 9.84 Å². The summed E-state index contributed by atoms with van der Waals surface area (Å²) in [6, 6.07) is 8.55. The molecule has 2 heterocycles. The molecule has 0 unspecified atom stereocenters. The van der Waals surface area contributed by atoms with Crippen molar-refractivity contribution in [3.8, 4) is 11.1 Å². The Morgan fingerprint density at radius 3 is 2.32 bits per heavy atom. The monoisotopic (exact) mass is 342 g/mol. The van der Waals surface area contributed by atoms with E-state index in [0.717, 1.165) is 5.56 Å². The highest BCUT2D eigenvalue weighted by atomic mass is 16.5. The number of carbonyl (C=O) groups excluding carboxylic acids is 1. The van der Waals surface area contributed by atoms with Gasteiger partial charge in [-0.05, 0) is 36.2 Å². The molecule has 1 aliphatic heterocycles. The summed E-state index contributed by atoms with van der Waals surface area (Å²) in [5.41, 5.74) is 1.75. The molecule has 1 N–H and O–H groups in total. The maximum Gasteiger partial charge on any atom is 0.418 e. The van der Waals surface area contributed by atoms with Crippen LogP contribution in [0.2, 0.25) is 0 Å². The average molecular weight is 342 g/mol. The van der Waals surface area contributed by atoms with E-state index in [-0.39, 0.29) is 5.91 Å². The summed E-state index contributed by atoms with van der Waals surface area (Å²) in [5, 5.41) is 8.98. The standard InChI is InChI=1S/C18H18N2O5/c1-12-15(6-7-20(16(12)21)18(23)24)13-2-4-14(5-3-13)17(22)19-8-10-25-11-9-19/h2-7H,8-11H2,1H3,(H,23,24). The minimum Gasteiger partial charge on any atom is -0.464 e. The first-order chi connectivity index (χ1) is 12.0. The molecule has 0 radical (unpaired) electrons. The van der Waals surface area contributed by atoms with E-state index in [0.29, 0.717) is 47.6 Å². The van der Waals surface area contributed by atoms with E-state index in [1.807, 2.05) is 0 Å². The topological polar surface area (TPSA) is 88.8 Å². The van der Waals surface area contributed by atoms with Gasteiger partial charge >= 0.3 is 6.09 Å². The zero-order valence-electron chi connectivity index (χ0n) is 13.8. The van der Waals surface area contributed by atoms with E-state index < -0.39 is 11.7 Å². The number of hydrogen-bond donors (Lipinski definition) is 1. The Labute approximate surface area is 144 Å². The van der Waals surface area contributed by atoms with Gasteiger partial charge in [-0.2, -0.15) is 0 Å². The fourth-order valence-electron chi connectivity index (χ4n) is 2.84. The molecule has 0 saturated carbocycles. The average Bonchev–Trinajstić information content (AvgIpc) is 2.64. The molecule has 25 heavy (non-hydrogen) atoms. The largest absolute Gasteiger partial charge is 0.464 e. The van der Waals surface area contributed by atoms with Gasteiger partial charge in [0.05, 0.1) is 13.2 Å². The minimum absolute atomic E-state index is 0.0483. The molecule has 3 rings (SSSR count). The molecule has 0 aliphatic carbocycles. The second-order valence-corrected chi connectivity index (χ2v) is 5.79. The lowest BCUT2D eigenvalue weighted by Crippen LogP contribution is -2.40. The van der Waals surface area contributed by atoms with Gasteiger partial charge in [-0.3, -0.25) is 9.59 Å². The molecule has 130 valence electrons. The van der Waals surface area contributed by atoms with Crippen molar-refractivity contribution in [3.63, 3.8) is 0 Å². The summed E-state index contributed by atoms with van der Waals surface area (Å²) in [6.07, 6.45) is -0.0779. The van der Waals surface area contributed by atoms with Crippen LogP contribution in [0.1, 0.15) is 15.9 Å². The lowest BCUT2D eigenvalue weighted by atomic mass is 10.0. The highest BCUT2D eigenvalue weighted by Gasteiger charge is 2.18. The van der Waals surface area contributed by atoms with Gasteiger partial charge in [-0.15, -0.1) is 0 Å². The molecule has 1 saturated heterocycles. The van der Waals surface area contributed by atoms with Crippen LogP contribution in [0.25, 0.3) is 11.1 Å². The van der Waals surface area contributed by atoms with Crippen LogP contribution in [0, 0.1) is 6.92 Å². The van der Waals surface area contributed by atoms with Crippen LogP contribution >= 0.6 is 0 Å². The number of aromatic nitrogens is 1. The smallest absolute Gasteiger partial charge is 0.418 e. The first-order valence-electron chi connectivity index (χ1n) is 7.92. The van der Waals surface area contributed by atoms with Crippen molar-refractivity contribution in [2.75, 3.05) is 26.3 Å². The van der Waals surface area contributed by atoms with Gasteiger partial charge in [0.25, 0.3) is 11.5 Å². The number of nitrogens with zero attached hydrogens (tertiary/aromatic N) is 2. The lowest BCUT2D eigenvalue weighted by molar-refractivity contribution is 0.0303. The molecule has 7 nitrogen and oxygen atoms in total. The number of morpholine rings is 1. The summed E-state index contributed by atoms with van der Waals surface area (Å²) >= 11 is 0. The van der Waals surface area contributed by atoms with Gasteiger partial charge in [-0.25, -0.2) is 9.36 Å². The van der Waals surface area contributed by atoms with E-state index in [9.17, 15) is 14.4 Å². The van der Waals surface area contributed by atoms with Crippen LogP contribution in [0.5, 0.6) is 0 Å². The van der Waals surface area contributed by atoms with Gasteiger partial charge in [0, 0.05) is 30.4 Å². The van der Waals surface area contributed by atoms with Crippen LogP contribution < -0.4 is 5.56 Å². The van der Waals surface area contributed by atoms with E-state index >= 15 is 0 Å². The Balaban J connectivity index is 1.88. The quantitative estimate of drug-likeness (QED) is 0.899. The number of hydrogen-bond acceptors (Lipinski definition) is 4. The Bertz CT molecular complexity index is 864. The molecule has 0 atom stereocenters. The molecule has 1 amide bonds. The lowest BCUT2D eigenvalue weighted by Gasteiger charge is -2.26. The maximum absolute atomic E-state index is 12.4. The van der Waals surface area contributed by atoms with E-state index in [1.165, 1.54) is 6.20 Å². The molecule has 1 aliphatic rings. The predicted octanol–water partition coefficient (Wildman–Crippen LogP) is 1.82. The van der Waals surface area contributed by atoms with Crippen LogP contribution in [-0.2, 0) is 4.74 Å². The normalized spacial score (nSPS) is 14.4. The summed E-state index contributed by atoms with van der Waals surface area (Å²) in [6.45, 7) is 3.83. The van der Waals surface area contributed by atoms with Gasteiger partial charge < -0.3 is 14.7 Å². The molecular weight excluding hydrogens is 324 g/mol. The molecule has 1 aromatic carbocycles. The van der Waals surface area contributed by atoms with Crippen molar-refractivity contribution in [3.05, 3.63) is 58.0 Å². The Morgan fingerprint density at radius 2 is 1.72 bits per heavy atom. The van der Waals surface area contributed by atoms with Crippen molar-refractivity contribution in [1.82, 2.24) is 9.47 Å². The highest BCUT2D eigenvalue weighted by Crippen LogP contribution is 2.22. The van der Waals surface area contributed by atoms with Crippen molar-refractivity contribution in [2.45, 2.75) is 6.92 Å². The van der Waals surface area contributed by atoms with Gasteiger partial charge in [0.2, 0.25) is 0 Å². The van der Waals surface area contributed by atoms with Crippen LogP contribution in [-0.4, -0.2) is 52.9 Å². The molecule has 0 spiro atoms. The summed E-state index contributed by atoms with van der Waals surface area (Å²) in [4.78, 5) is 37.3. The highest BCUT2D eigenvalue weighted by molar-refractivity contribution is 5.94. The second kappa shape index (κ2) is 6.90. The number of rotatable bonds is 2. The van der Waals surface area contributed by atoms with Crippen LogP contribution in [0.4, 0.5) is 4.79 Å².